The molecule has 0 radical (unpaired) electrons. The van der Waals surface area contributed by atoms with E-state index in [2.05, 4.69) is 18.7 Å². The SMILES string of the molecule is COC(=O)CN(CCSc1cc(Cl)ccc1Cl)C(C)C. The van der Waals surface area contributed by atoms with Crippen LogP contribution in [0.1, 0.15) is 13.8 Å². The summed E-state index contributed by atoms with van der Waals surface area (Å²) in [7, 11) is 1.40. The van der Waals surface area contributed by atoms with Gasteiger partial charge in [0.15, 0.2) is 0 Å². The Morgan fingerprint density at radius 1 is 1.40 bits per heavy atom. The first-order valence-corrected chi connectivity index (χ1v) is 8.07. The predicted molar refractivity (Wildman–Crippen MR) is 85.9 cm³/mol. The van der Waals surface area contributed by atoms with E-state index >= 15 is 0 Å². The minimum absolute atomic E-state index is 0.218. The summed E-state index contributed by atoms with van der Waals surface area (Å²) in [5, 5.41) is 1.37. The van der Waals surface area contributed by atoms with Crippen molar-refractivity contribution in [3.8, 4) is 0 Å². The maximum atomic E-state index is 11.3. The van der Waals surface area contributed by atoms with Gasteiger partial charge in [0.25, 0.3) is 0 Å². The maximum Gasteiger partial charge on any atom is 0.319 e. The predicted octanol–water partition coefficient (Wildman–Crippen LogP) is 3.97. The van der Waals surface area contributed by atoms with E-state index in [1.165, 1.54) is 7.11 Å². The van der Waals surface area contributed by atoms with Crippen molar-refractivity contribution in [2.75, 3.05) is 26.0 Å². The van der Waals surface area contributed by atoms with Gasteiger partial charge in [0.05, 0.1) is 18.7 Å². The Morgan fingerprint density at radius 3 is 2.70 bits per heavy atom. The van der Waals surface area contributed by atoms with Crippen LogP contribution in [0.15, 0.2) is 23.1 Å². The van der Waals surface area contributed by atoms with Gasteiger partial charge in [0, 0.05) is 28.3 Å². The molecule has 0 aliphatic rings. The van der Waals surface area contributed by atoms with Crippen molar-refractivity contribution in [3.05, 3.63) is 28.2 Å². The van der Waals surface area contributed by atoms with Gasteiger partial charge in [0.2, 0.25) is 0 Å². The van der Waals surface area contributed by atoms with Gasteiger partial charge in [-0.1, -0.05) is 23.2 Å². The number of ether oxygens (including phenoxy) is 1. The molecule has 3 nitrogen and oxygen atoms in total. The highest BCUT2D eigenvalue weighted by atomic mass is 35.5. The van der Waals surface area contributed by atoms with Gasteiger partial charge in [-0.3, -0.25) is 9.69 Å². The number of carbonyl (C=O) groups excluding carboxylic acids is 1. The van der Waals surface area contributed by atoms with Crippen molar-refractivity contribution in [2.45, 2.75) is 24.8 Å². The number of esters is 1. The van der Waals surface area contributed by atoms with E-state index in [0.29, 0.717) is 16.6 Å². The van der Waals surface area contributed by atoms with Crippen molar-refractivity contribution in [2.24, 2.45) is 0 Å². The molecule has 0 saturated carbocycles. The molecule has 0 amide bonds. The molecule has 0 spiro atoms. The molecular weight excluding hydrogens is 317 g/mol. The van der Waals surface area contributed by atoms with Gasteiger partial charge in [0.1, 0.15) is 0 Å². The Balaban J connectivity index is 2.51. The molecule has 1 aromatic rings. The number of thioether (sulfide) groups is 1. The maximum absolute atomic E-state index is 11.3. The van der Waals surface area contributed by atoms with Crippen LogP contribution in [-0.2, 0) is 9.53 Å². The third kappa shape index (κ3) is 5.92. The summed E-state index contributed by atoms with van der Waals surface area (Å²) in [4.78, 5) is 14.4. The third-order valence-corrected chi connectivity index (χ3v) is 4.53. The number of nitrogens with zero attached hydrogens (tertiary/aromatic N) is 1. The number of methoxy groups -OCH3 is 1. The van der Waals surface area contributed by atoms with E-state index in [4.69, 9.17) is 27.9 Å². The van der Waals surface area contributed by atoms with E-state index in [0.717, 1.165) is 17.2 Å². The standard InChI is InChI=1S/C14H19Cl2NO2S/c1-10(2)17(9-14(18)19-3)6-7-20-13-8-11(15)4-5-12(13)16/h4-5,8,10H,6-7,9H2,1-3H3. The topological polar surface area (TPSA) is 29.5 Å². The summed E-state index contributed by atoms with van der Waals surface area (Å²) in [6.45, 7) is 5.19. The lowest BCUT2D eigenvalue weighted by Crippen LogP contribution is -2.37. The van der Waals surface area contributed by atoms with Gasteiger partial charge < -0.3 is 4.74 Å². The van der Waals surface area contributed by atoms with Crippen LogP contribution in [0.25, 0.3) is 0 Å². The molecule has 6 heteroatoms. The van der Waals surface area contributed by atoms with E-state index in [1.807, 2.05) is 6.07 Å². The number of halogens is 2. The van der Waals surface area contributed by atoms with Crippen molar-refractivity contribution in [1.82, 2.24) is 4.90 Å². The minimum atomic E-state index is -0.218. The van der Waals surface area contributed by atoms with Crippen molar-refractivity contribution >= 4 is 40.9 Å². The fraction of sp³-hybridized carbons (Fsp3) is 0.500. The van der Waals surface area contributed by atoms with E-state index < -0.39 is 0 Å². The monoisotopic (exact) mass is 335 g/mol. The van der Waals surface area contributed by atoms with Crippen LogP contribution in [0.4, 0.5) is 0 Å². The van der Waals surface area contributed by atoms with Gasteiger partial charge in [-0.15, -0.1) is 11.8 Å². The third-order valence-electron chi connectivity index (χ3n) is 2.82. The molecule has 0 N–H and O–H groups in total. The molecule has 0 unspecified atom stereocenters. The van der Waals surface area contributed by atoms with Crippen molar-refractivity contribution in [3.63, 3.8) is 0 Å². The molecule has 1 rings (SSSR count). The van der Waals surface area contributed by atoms with E-state index in [9.17, 15) is 4.79 Å². The second-order valence-corrected chi connectivity index (χ2v) is 6.54. The Morgan fingerprint density at radius 2 is 2.10 bits per heavy atom. The molecule has 112 valence electrons. The van der Waals surface area contributed by atoms with E-state index in [-0.39, 0.29) is 12.0 Å². The smallest absolute Gasteiger partial charge is 0.319 e. The second-order valence-electron chi connectivity index (χ2n) is 4.56. The molecule has 0 aliphatic carbocycles. The zero-order valence-electron chi connectivity index (χ0n) is 11.9. The van der Waals surface area contributed by atoms with Crippen molar-refractivity contribution < 1.29 is 9.53 Å². The molecule has 0 atom stereocenters. The highest BCUT2D eigenvalue weighted by Gasteiger charge is 2.14. The van der Waals surface area contributed by atoms with Gasteiger partial charge in [-0.2, -0.15) is 0 Å². The first-order chi connectivity index (χ1) is 9.43. The normalized spacial score (nSPS) is 11.2. The first-order valence-electron chi connectivity index (χ1n) is 6.32. The summed E-state index contributed by atoms with van der Waals surface area (Å²) in [6, 6.07) is 5.70. The average molecular weight is 336 g/mol. The van der Waals surface area contributed by atoms with Crippen molar-refractivity contribution in [1.29, 1.82) is 0 Å². The Bertz CT molecular complexity index is 455. The molecular formula is C14H19Cl2NO2S. The van der Waals surface area contributed by atoms with Crippen LogP contribution in [0.3, 0.4) is 0 Å². The fourth-order valence-electron chi connectivity index (χ4n) is 1.61. The lowest BCUT2D eigenvalue weighted by atomic mass is 10.3. The number of benzene rings is 1. The molecule has 0 saturated heterocycles. The van der Waals surface area contributed by atoms with Gasteiger partial charge in [-0.05, 0) is 32.0 Å². The van der Waals surface area contributed by atoms with Crippen LogP contribution in [0, 0.1) is 0 Å². The summed E-state index contributed by atoms with van der Waals surface area (Å²) in [5.74, 6) is 0.611. The Kier molecular flexibility index (Phi) is 7.74. The molecule has 0 aliphatic heterocycles. The number of carbonyl (C=O) groups is 1. The lowest BCUT2D eigenvalue weighted by Gasteiger charge is -2.24. The second kappa shape index (κ2) is 8.78. The number of hydrogen-bond donors (Lipinski definition) is 0. The minimum Gasteiger partial charge on any atom is -0.468 e. The summed E-state index contributed by atoms with van der Waals surface area (Å²) < 4.78 is 4.70. The van der Waals surface area contributed by atoms with Crippen LogP contribution >= 0.6 is 35.0 Å². The van der Waals surface area contributed by atoms with Gasteiger partial charge >= 0.3 is 5.97 Å². The van der Waals surface area contributed by atoms with Crippen LogP contribution in [-0.4, -0.2) is 42.9 Å². The number of hydrogen-bond acceptors (Lipinski definition) is 4. The zero-order chi connectivity index (χ0) is 15.1. The lowest BCUT2D eigenvalue weighted by molar-refractivity contribution is -0.142. The molecule has 0 aromatic heterocycles. The van der Waals surface area contributed by atoms with Crippen LogP contribution < -0.4 is 0 Å². The molecule has 0 bridgehead atoms. The van der Waals surface area contributed by atoms with E-state index in [1.54, 1.807) is 23.9 Å². The Labute approximate surface area is 134 Å². The van der Waals surface area contributed by atoms with Crippen LogP contribution in [0.2, 0.25) is 10.0 Å². The fourth-order valence-corrected chi connectivity index (χ4v) is 3.09. The molecule has 20 heavy (non-hydrogen) atoms. The quantitative estimate of drug-likeness (QED) is 0.557. The molecule has 1 aromatic carbocycles. The summed E-state index contributed by atoms with van der Waals surface area (Å²) >= 11 is 13.7. The zero-order valence-corrected chi connectivity index (χ0v) is 14.2. The first kappa shape index (κ1) is 17.6. The average Bonchev–Trinajstić information content (AvgIpc) is 2.41. The molecule has 0 fully saturated rings. The summed E-state index contributed by atoms with van der Waals surface area (Å²) in [6.07, 6.45) is 0. The highest BCUT2D eigenvalue weighted by Crippen LogP contribution is 2.29. The highest BCUT2D eigenvalue weighted by molar-refractivity contribution is 7.99. The van der Waals surface area contributed by atoms with Gasteiger partial charge in [-0.25, -0.2) is 0 Å². The Hall–Kier alpha value is -0.420. The number of rotatable bonds is 7. The summed E-state index contributed by atoms with van der Waals surface area (Å²) in [5.41, 5.74) is 0. The van der Waals surface area contributed by atoms with Crippen LogP contribution in [0.5, 0.6) is 0 Å². The largest absolute Gasteiger partial charge is 0.468 e. The molecule has 0 heterocycles.